The lowest BCUT2D eigenvalue weighted by Crippen LogP contribution is -2.36. The molecule has 180 valence electrons. The average Bonchev–Trinajstić information content (AvgIpc) is 3.49. The number of carbonyl (C=O) groups excluding carboxylic acids is 1. The van der Waals surface area contributed by atoms with Crippen LogP contribution in [0.2, 0.25) is 0 Å². The summed E-state index contributed by atoms with van der Waals surface area (Å²) in [6.45, 7) is 5.82. The van der Waals surface area contributed by atoms with Crippen molar-refractivity contribution in [1.29, 1.82) is 0 Å². The molecule has 0 spiro atoms. The van der Waals surface area contributed by atoms with Gasteiger partial charge in [0.25, 0.3) is 5.56 Å². The number of nitrogens with zero attached hydrogens (tertiary/aromatic N) is 5. The molecule has 2 aromatic heterocycles. The van der Waals surface area contributed by atoms with Gasteiger partial charge >= 0.3 is 0 Å². The normalized spacial score (nSPS) is 17.3. The first-order valence-corrected chi connectivity index (χ1v) is 12.3. The van der Waals surface area contributed by atoms with Gasteiger partial charge in [0.2, 0.25) is 5.82 Å². The summed E-state index contributed by atoms with van der Waals surface area (Å²) >= 11 is 0. The van der Waals surface area contributed by atoms with Crippen molar-refractivity contribution in [3.05, 3.63) is 75.7 Å². The Labute approximate surface area is 204 Å². The second kappa shape index (κ2) is 9.44. The number of hydrogen-bond donors (Lipinski definition) is 1. The zero-order valence-electron chi connectivity index (χ0n) is 20.4. The molecule has 1 aliphatic heterocycles. The molecule has 0 fully saturated rings. The van der Waals surface area contributed by atoms with Crippen molar-refractivity contribution < 1.29 is 4.79 Å². The molecule has 2 atom stereocenters. The highest BCUT2D eigenvalue weighted by Gasteiger charge is 2.33. The fourth-order valence-corrected chi connectivity index (χ4v) is 5.29. The molecule has 0 aliphatic carbocycles. The monoisotopic (exact) mass is 470 g/mol. The Hall–Kier alpha value is -3.81. The quantitative estimate of drug-likeness (QED) is 0.428. The van der Waals surface area contributed by atoms with E-state index in [4.69, 9.17) is 0 Å². The summed E-state index contributed by atoms with van der Waals surface area (Å²) in [5, 5.41) is 14.5. The van der Waals surface area contributed by atoms with Crippen LogP contribution in [0.3, 0.4) is 0 Å². The number of tetrazole rings is 1. The van der Waals surface area contributed by atoms with Gasteiger partial charge in [0, 0.05) is 23.2 Å². The number of rotatable bonds is 7. The molecule has 8 nitrogen and oxygen atoms in total. The summed E-state index contributed by atoms with van der Waals surface area (Å²) < 4.78 is 3.86. The van der Waals surface area contributed by atoms with E-state index in [0.29, 0.717) is 12.2 Å². The first kappa shape index (κ1) is 23.0. The Morgan fingerprint density at radius 1 is 1.06 bits per heavy atom. The van der Waals surface area contributed by atoms with Gasteiger partial charge in [0.1, 0.15) is 6.04 Å². The first-order valence-electron chi connectivity index (χ1n) is 12.3. The number of fused-ring (bicyclic) bond motifs is 1. The number of nitrogens with one attached hydrogen (secondary N) is 1. The van der Waals surface area contributed by atoms with Crippen molar-refractivity contribution in [3.8, 4) is 22.5 Å². The molecule has 2 unspecified atom stereocenters. The van der Waals surface area contributed by atoms with Crippen LogP contribution in [0.25, 0.3) is 22.5 Å². The molecule has 2 aromatic carbocycles. The highest BCUT2D eigenvalue weighted by Crippen LogP contribution is 2.33. The second-order valence-electron chi connectivity index (χ2n) is 9.38. The Balaban J connectivity index is 1.51. The molecule has 0 amide bonds. The molecular weight excluding hydrogens is 440 g/mol. The lowest BCUT2D eigenvalue weighted by molar-refractivity contribution is -0.121. The standard InChI is InChI=1S/C27H30N6O2/c1-4-7-25-23(27(35)32-17(2)10-15-24(18(3)34)33(25)32)16-19-11-13-20(14-12-19)21-8-5-6-9-22(21)26-28-30-31-29-26/h5-6,8-9,11-14,17,24H,4,7,10,15-16H2,1-3H3,(H,28,29,30,31). The van der Waals surface area contributed by atoms with E-state index in [0.717, 1.165) is 59.2 Å². The number of Topliss-reactive ketones (excluding diaryl/α,β-unsaturated/α-hetero) is 1. The van der Waals surface area contributed by atoms with Crippen molar-refractivity contribution in [2.24, 2.45) is 0 Å². The lowest BCUT2D eigenvalue weighted by atomic mass is 9.96. The second-order valence-corrected chi connectivity index (χ2v) is 9.38. The zero-order chi connectivity index (χ0) is 24.5. The SMILES string of the molecule is CCCc1c(Cc2ccc(-c3ccccc3-c3nn[nH]n3)cc2)c(=O)n2n1C(C(C)=O)CCC2C. The van der Waals surface area contributed by atoms with Crippen LogP contribution < -0.4 is 5.56 Å². The van der Waals surface area contributed by atoms with Crippen LogP contribution in [0.15, 0.2) is 53.3 Å². The van der Waals surface area contributed by atoms with E-state index in [1.54, 1.807) is 6.92 Å². The number of benzene rings is 2. The number of carbonyl (C=O) groups is 1. The van der Waals surface area contributed by atoms with Gasteiger partial charge in [-0.15, -0.1) is 10.2 Å². The van der Waals surface area contributed by atoms with Crippen molar-refractivity contribution in [2.45, 2.75) is 65.0 Å². The maximum absolute atomic E-state index is 13.6. The predicted octanol–water partition coefficient (Wildman–Crippen LogP) is 4.53. The first-order chi connectivity index (χ1) is 17.0. The minimum Gasteiger partial charge on any atom is -0.298 e. The van der Waals surface area contributed by atoms with E-state index in [9.17, 15) is 9.59 Å². The number of H-pyrrole nitrogens is 1. The molecule has 0 saturated heterocycles. The summed E-state index contributed by atoms with van der Waals surface area (Å²) in [5.74, 6) is 0.671. The molecule has 0 radical (unpaired) electrons. The summed E-state index contributed by atoms with van der Waals surface area (Å²) in [5.41, 5.74) is 5.89. The number of ketones is 1. The van der Waals surface area contributed by atoms with Crippen LogP contribution in [0, 0.1) is 0 Å². The number of aromatic amines is 1. The zero-order valence-corrected chi connectivity index (χ0v) is 20.4. The molecule has 8 heteroatoms. The fraction of sp³-hybridized carbons (Fsp3) is 0.370. The molecule has 35 heavy (non-hydrogen) atoms. The third-order valence-electron chi connectivity index (χ3n) is 7.01. The van der Waals surface area contributed by atoms with Crippen LogP contribution in [0.5, 0.6) is 0 Å². The topological polar surface area (TPSA) is 98.5 Å². The van der Waals surface area contributed by atoms with Gasteiger partial charge in [0.05, 0.1) is 6.04 Å². The van der Waals surface area contributed by atoms with Gasteiger partial charge in [-0.2, -0.15) is 5.21 Å². The van der Waals surface area contributed by atoms with Gasteiger partial charge in [0.15, 0.2) is 5.78 Å². The Kier molecular flexibility index (Phi) is 6.19. The van der Waals surface area contributed by atoms with Crippen molar-refractivity contribution in [1.82, 2.24) is 30.0 Å². The largest absolute Gasteiger partial charge is 0.298 e. The van der Waals surface area contributed by atoms with E-state index >= 15 is 0 Å². The fourth-order valence-electron chi connectivity index (χ4n) is 5.29. The maximum Gasteiger partial charge on any atom is 0.270 e. The minimum absolute atomic E-state index is 0.0402. The summed E-state index contributed by atoms with van der Waals surface area (Å²) in [7, 11) is 0. The average molecular weight is 471 g/mol. The Morgan fingerprint density at radius 3 is 2.46 bits per heavy atom. The molecule has 0 bridgehead atoms. The Morgan fingerprint density at radius 2 is 1.80 bits per heavy atom. The van der Waals surface area contributed by atoms with Crippen LogP contribution in [0.1, 0.15) is 68.9 Å². The summed E-state index contributed by atoms with van der Waals surface area (Å²) in [4.78, 5) is 26.0. The maximum atomic E-state index is 13.6. The third kappa shape index (κ3) is 4.13. The van der Waals surface area contributed by atoms with Gasteiger partial charge in [-0.05, 0) is 55.0 Å². The molecule has 4 aromatic rings. The molecule has 5 rings (SSSR count). The van der Waals surface area contributed by atoms with Gasteiger partial charge in [-0.3, -0.25) is 14.3 Å². The van der Waals surface area contributed by atoms with Crippen molar-refractivity contribution in [3.63, 3.8) is 0 Å². The minimum atomic E-state index is -0.252. The smallest absolute Gasteiger partial charge is 0.270 e. The van der Waals surface area contributed by atoms with Gasteiger partial charge in [-0.1, -0.05) is 61.9 Å². The van der Waals surface area contributed by atoms with Crippen molar-refractivity contribution in [2.75, 3.05) is 0 Å². The lowest BCUT2D eigenvalue weighted by Gasteiger charge is -2.31. The Bertz CT molecular complexity index is 1400. The number of hydrogen-bond acceptors (Lipinski definition) is 5. The van der Waals surface area contributed by atoms with Crippen LogP contribution in [-0.4, -0.2) is 35.8 Å². The van der Waals surface area contributed by atoms with Crippen LogP contribution in [0.4, 0.5) is 0 Å². The summed E-state index contributed by atoms with van der Waals surface area (Å²) in [6, 6.07) is 16.1. The van der Waals surface area contributed by atoms with E-state index < -0.39 is 0 Å². The van der Waals surface area contributed by atoms with E-state index in [2.05, 4.69) is 58.7 Å². The third-order valence-corrected chi connectivity index (χ3v) is 7.01. The molecule has 1 N–H and O–H groups in total. The highest BCUT2D eigenvalue weighted by atomic mass is 16.1. The van der Waals surface area contributed by atoms with Crippen molar-refractivity contribution >= 4 is 5.78 Å². The predicted molar refractivity (Wildman–Crippen MR) is 134 cm³/mol. The van der Waals surface area contributed by atoms with Gasteiger partial charge < -0.3 is 0 Å². The molecule has 3 heterocycles. The number of aromatic nitrogens is 6. The van der Waals surface area contributed by atoms with Crippen LogP contribution in [-0.2, 0) is 17.6 Å². The molecule has 1 aliphatic rings. The highest BCUT2D eigenvalue weighted by molar-refractivity contribution is 5.81. The summed E-state index contributed by atoms with van der Waals surface area (Å²) in [6.07, 6.45) is 3.87. The van der Waals surface area contributed by atoms with E-state index in [-0.39, 0.29) is 23.4 Å². The van der Waals surface area contributed by atoms with Gasteiger partial charge in [-0.25, -0.2) is 4.68 Å². The molecule has 0 saturated carbocycles. The van der Waals surface area contributed by atoms with E-state index in [1.807, 2.05) is 33.6 Å². The molecular formula is C27H30N6O2. The van der Waals surface area contributed by atoms with Crippen LogP contribution >= 0.6 is 0 Å². The van der Waals surface area contributed by atoms with E-state index in [1.165, 1.54) is 0 Å².